The van der Waals surface area contributed by atoms with Crippen LogP contribution < -0.4 is 5.73 Å². The lowest BCUT2D eigenvalue weighted by Gasteiger charge is -2.27. The Balaban J connectivity index is 1.69. The van der Waals surface area contributed by atoms with Crippen LogP contribution in [-0.4, -0.2) is 26.8 Å². The first-order chi connectivity index (χ1) is 15.1. The van der Waals surface area contributed by atoms with Crippen molar-refractivity contribution in [2.45, 2.75) is 52.7 Å². The lowest BCUT2D eigenvalue weighted by atomic mass is 9.98. The summed E-state index contributed by atoms with van der Waals surface area (Å²) in [5.74, 6) is 0.200. The number of benzene rings is 1. The highest BCUT2D eigenvalue weighted by Crippen LogP contribution is 2.33. The van der Waals surface area contributed by atoms with Gasteiger partial charge in [-0.25, -0.2) is 4.98 Å². The third kappa shape index (κ3) is 4.00. The number of nitrogen functional groups attached to an aromatic ring is 1. The van der Waals surface area contributed by atoms with Crippen molar-refractivity contribution < 1.29 is 22.7 Å². The Bertz CT molecular complexity index is 1190. The average molecular weight is 444 g/mol. The molecule has 2 N–H and O–H groups in total. The smallest absolute Gasteiger partial charge is 0.383 e. The number of anilines is 1. The Morgan fingerprint density at radius 3 is 2.56 bits per heavy atom. The molecule has 1 aromatic carbocycles. The van der Waals surface area contributed by atoms with Crippen LogP contribution in [0.25, 0.3) is 10.9 Å². The average Bonchev–Trinajstić information content (AvgIpc) is 3.21. The van der Waals surface area contributed by atoms with Crippen molar-refractivity contribution >= 4 is 22.6 Å². The zero-order chi connectivity index (χ0) is 23.2. The number of aryl methyl sites for hydroxylation is 1. The van der Waals surface area contributed by atoms with E-state index < -0.39 is 11.7 Å². The molecular formula is C23H23F3N4O2. The third-order valence-electron chi connectivity index (χ3n) is 5.67. The molecule has 0 fully saturated rings. The van der Waals surface area contributed by atoms with Crippen LogP contribution in [0.15, 0.2) is 30.5 Å². The lowest BCUT2D eigenvalue weighted by molar-refractivity contribution is -0.137. The minimum Gasteiger partial charge on any atom is -0.383 e. The molecule has 6 nitrogen and oxygen atoms in total. The maximum Gasteiger partial charge on any atom is 0.417 e. The molecule has 9 heteroatoms. The predicted molar refractivity (Wildman–Crippen MR) is 114 cm³/mol. The fourth-order valence-electron chi connectivity index (χ4n) is 3.86. The van der Waals surface area contributed by atoms with Crippen molar-refractivity contribution in [3.8, 4) is 0 Å². The number of carbonyl (C=O) groups excluding carboxylic acids is 1. The Morgan fingerprint density at radius 2 is 1.94 bits per heavy atom. The molecule has 0 aliphatic carbocycles. The zero-order valence-electron chi connectivity index (χ0n) is 18.0. The molecule has 0 bridgehead atoms. The Labute approximate surface area is 183 Å². The van der Waals surface area contributed by atoms with Gasteiger partial charge in [-0.2, -0.15) is 13.2 Å². The highest BCUT2D eigenvalue weighted by Gasteiger charge is 2.31. The molecule has 0 atom stereocenters. The SMILES string of the molecule is Cc1cc2nc(N)c3c(c2cc1C(=O)N(Cc1ccc(C(F)(F)F)cn1)C(C)C)COC3. The Morgan fingerprint density at radius 1 is 1.22 bits per heavy atom. The molecule has 1 amide bonds. The molecule has 0 saturated heterocycles. The number of alkyl halides is 3. The number of nitrogens with two attached hydrogens (primary N) is 1. The van der Waals surface area contributed by atoms with E-state index in [0.29, 0.717) is 35.8 Å². The molecule has 2 aromatic heterocycles. The van der Waals surface area contributed by atoms with Gasteiger partial charge in [-0.1, -0.05) is 0 Å². The maximum absolute atomic E-state index is 13.5. The fraction of sp³-hybridized carbons (Fsp3) is 0.348. The van der Waals surface area contributed by atoms with Gasteiger partial charge in [0.2, 0.25) is 0 Å². The third-order valence-corrected chi connectivity index (χ3v) is 5.67. The molecule has 3 aromatic rings. The molecule has 0 saturated carbocycles. The van der Waals surface area contributed by atoms with E-state index in [2.05, 4.69) is 9.97 Å². The van der Waals surface area contributed by atoms with Crippen LogP contribution in [0.4, 0.5) is 19.0 Å². The van der Waals surface area contributed by atoms with E-state index in [1.165, 1.54) is 6.07 Å². The minimum absolute atomic E-state index is 0.0906. The second kappa shape index (κ2) is 8.05. The van der Waals surface area contributed by atoms with E-state index in [-0.39, 0.29) is 18.5 Å². The first-order valence-corrected chi connectivity index (χ1v) is 10.2. The second-order valence-corrected chi connectivity index (χ2v) is 8.19. The van der Waals surface area contributed by atoms with Crippen LogP contribution in [0.5, 0.6) is 0 Å². The van der Waals surface area contributed by atoms with Gasteiger partial charge >= 0.3 is 6.18 Å². The van der Waals surface area contributed by atoms with Gasteiger partial charge in [-0.15, -0.1) is 0 Å². The van der Waals surface area contributed by atoms with Crippen molar-refractivity contribution in [3.63, 3.8) is 0 Å². The second-order valence-electron chi connectivity index (χ2n) is 8.19. The summed E-state index contributed by atoms with van der Waals surface area (Å²) in [7, 11) is 0. The summed E-state index contributed by atoms with van der Waals surface area (Å²) in [6.07, 6.45) is -3.67. The van der Waals surface area contributed by atoms with Crippen LogP contribution in [0.3, 0.4) is 0 Å². The molecule has 3 heterocycles. The summed E-state index contributed by atoms with van der Waals surface area (Å²) in [5.41, 5.74) is 9.31. The number of amides is 1. The largest absolute Gasteiger partial charge is 0.417 e. The summed E-state index contributed by atoms with van der Waals surface area (Å²) in [4.78, 5) is 23.5. The normalized spacial score (nSPS) is 13.6. The van der Waals surface area contributed by atoms with Gasteiger partial charge in [0.15, 0.2) is 0 Å². The van der Waals surface area contributed by atoms with Gasteiger partial charge in [0.1, 0.15) is 5.82 Å². The molecule has 0 radical (unpaired) electrons. The van der Waals surface area contributed by atoms with Crippen LogP contribution >= 0.6 is 0 Å². The van der Waals surface area contributed by atoms with Gasteiger partial charge in [0.05, 0.1) is 36.5 Å². The molecule has 0 spiro atoms. The summed E-state index contributed by atoms with van der Waals surface area (Å²) in [6.45, 7) is 6.41. The number of nitrogens with zero attached hydrogens (tertiary/aromatic N) is 3. The van der Waals surface area contributed by atoms with Crippen LogP contribution in [-0.2, 0) is 30.7 Å². The number of aromatic nitrogens is 2. The van der Waals surface area contributed by atoms with Gasteiger partial charge < -0.3 is 15.4 Å². The summed E-state index contributed by atoms with van der Waals surface area (Å²) >= 11 is 0. The number of hydrogen-bond donors (Lipinski definition) is 1. The zero-order valence-corrected chi connectivity index (χ0v) is 18.0. The number of ether oxygens (including phenoxy) is 1. The standard InChI is InChI=1S/C23H23F3N4O2/c1-12(2)30(9-15-5-4-14(8-28-15)23(24,25)26)22(31)16-7-17-18-10-32-11-19(18)21(27)29-20(17)6-13(16)3/h4-8,12H,9-11H2,1-3H3,(H2,27,29). The van der Waals surface area contributed by atoms with Gasteiger partial charge in [-0.05, 0) is 56.2 Å². The molecule has 0 unspecified atom stereocenters. The van der Waals surface area contributed by atoms with E-state index in [9.17, 15) is 18.0 Å². The predicted octanol–water partition coefficient (Wildman–Crippen LogP) is 4.62. The van der Waals surface area contributed by atoms with Crippen molar-refractivity contribution in [2.75, 3.05) is 5.73 Å². The Hall–Kier alpha value is -3.20. The lowest BCUT2D eigenvalue weighted by Crippen LogP contribution is -2.37. The highest BCUT2D eigenvalue weighted by atomic mass is 19.4. The number of pyridine rings is 2. The number of hydrogen-bond acceptors (Lipinski definition) is 5. The minimum atomic E-state index is -4.46. The van der Waals surface area contributed by atoms with E-state index in [4.69, 9.17) is 10.5 Å². The molecular weight excluding hydrogens is 421 g/mol. The summed E-state index contributed by atoms with van der Waals surface area (Å²) in [5, 5.41) is 0.817. The topological polar surface area (TPSA) is 81.3 Å². The van der Waals surface area contributed by atoms with Crippen molar-refractivity contribution in [2.24, 2.45) is 0 Å². The first kappa shape index (κ1) is 22.0. The van der Waals surface area contributed by atoms with E-state index >= 15 is 0 Å². The van der Waals surface area contributed by atoms with Crippen LogP contribution in [0.1, 0.15) is 52.2 Å². The van der Waals surface area contributed by atoms with E-state index in [0.717, 1.165) is 34.3 Å². The monoisotopic (exact) mass is 444 g/mol. The molecule has 32 heavy (non-hydrogen) atoms. The van der Waals surface area contributed by atoms with Crippen molar-refractivity contribution in [3.05, 3.63) is 64.0 Å². The van der Waals surface area contributed by atoms with Gasteiger partial charge in [0, 0.05) is 28.8 Å². The van der Waals surface area contributed by atoms with Crippen molar-refractivity contribution in [1.29, 1.82) is 0 Å². The quantitative estimate of drug-likeness (QED) is 0.635. The van der Waals surface area contributed by atoms with E-state index in [1.54, 1.807) is 4.90 Å². The van der Waals surface area contributed by atoms with Crippen LogP contribution in [0.2, 0.25) is 0 Å². The number of carbonyl (C=O) groups is 1. The molecule has 4 rings (SSSR count). The molecule has 1 aliphatic rings. The van der Waals surface area contributed by atoms with Gasteiger partial charge in [0.25, 0.3) is 5.91 Å². The fourth-order valence-corrected chi connectivity index (χ4v) is 3.86. The van der Waals surface area contributed by atoms with Gasteiger partial charge in [-0.3, -0.25) is 9.78 Å². The first-order valence-electron chi connectivity index (χ1n) is 10.2. The highest BCUT2D eigenvalue weighted by molar-refractivity contribution is 6.01. The van der Waals surface area contributed by atoms with Crippen molar-refractivity contribution in [1.82, 2.24) is 14.9 Å². The summed E-state index contributed by atoms with van der Waals surface area (Å²) < 4.78 is 44.0. The molecule has 1 aliphatic heterocycles. The maximum atomic E-state index is 13.5. The van der Waals surface area contributed by atoms with E-state index in [1.807, 2.05) is 32.9 Å². The number of fused-ring (bicyclic) bond motifs is 3. The number of rotatable bonds is 4. The van der Waals surface area contributed by atoms with Crippen LogP contribution in [0, 0.1) is 6.92 Å². The Kier molecular flexibility index (Phi) is 5.54. The molecule has 168 valence electrons. The number of halogens is 3. The summed E-state index contributed by atoms with van der Waals surface area (Å²) in [6, 6.07) is 5.72.